The lowest BCUT2D eigenvalue weighted by atomic mass is 9.86. The summed E-state index contributed by atoms with van der Waals surface area (Å²) in [6.07, 6.45) is 4.52. The number of amides is 2. The number of benzene rings is 1. The summed E-state index contributed by atoms with van der Waals surface area (Å²) < 4.78 is 5.04. The van der Waals surface area contributed by atoms with Crippen LogP contribution in [0, 0.1) is 0 Å². The molecule has 160 valence electrons. The highest BCUT2D eigenvalue weighted by Gasteiger charge is 2.25. The standard InChI is InChI=1S/C24H31N3O3/c1-5-30-23(29)27-12-10-21(11-13-27)26-22(28)19-14-18(15-25-16-19)17-6-8-20(9-7-17)24(2,3)4/h6-9,14-16,21H,5,10-13H2,1-4H3,(H,26,28). The molecular formula is C24H31N3O3. The minimum Gasteiger partial charge on any atom is -0.450 e. The first-order chi connectivity index (χ1) is 14.3. The molecule has 0 radical (unpaired) electrons. The van der Waals surface area contributed by atoms with Crippen LogP contribution in [0.4, 0.5) is 4.79 Å². The molecule has 30 heavy (non-hydrogen) atoms. The van der Waals surface area contributed by atoms with Crippen molar-refractivity contribution in [3.63, 3.8) is 0 Å². The first-order valence-electron chi connectivity index (χ1n) is 10.6. The molecule has 1 N–H and O–H groups in total. The third-order valence-corrected chi connectivity index (χ3v) is 5.44. The highest BCUT2D eigenvalue weighted by atomic mass is 16.6. The lowest BCUT2D eigenvalue weighted by Gasteiger charge is -2.31. The molecule has 0 spiro atoms. The van der Waals surface area contributed by atoms with Crippen LogP contribution in [0.3, 0.4) is 0 Å². The van der Waals surface area contributed by atoms with E-state index in [9.17, 15) is 9.59 Å². The first kappa shape index (κ1) is 21.8. The zero-order chi connectivity index (χ0) is 21.7. The third kappa shape index (κ3) is 5.38. The van der Waals surface area contributed by atoms with Crippen LogP contribution in [0.5, 0.6) is 0 Å². The van der Waals surface area contributed by atoms with Crippen molar-refractivity contribution in [2.45, 2.75) is 52.0 Å². The van der Waals surface area contributed by atoms with E-state index in [0.717, 1.165) is 11.1 Å². The third-order valence-electron chi connectivity index (χ3n) is 5.44. The number of ether oxygens (including phenoxy) is 1. The molecule has 1 aliphatic heterocycles. The number of nitrogens with one attached hydrogen (secondary N) is 1. The van der Waals surface area contributed by atoms with E-state index >= 15 is 0 Å². The number of aromatic nitrogens is 1. The number of likely N-dealkylation sites (tertiary alicyclic amines) is 1. The number of nitrogens with zero attached hydrogens (tertiary/aromatic N) is 2. The van der Waals surface area contributed by atoms with Crippen molar-refractivity contribution in [1.29, 1.82) is 0 Å². The lowest BCUT2D eigenvalue weighted by Crippen LogP contribution is -2.46. The van der Waals surface area contributed by atoms with Gasteiger partial charge in [-0.05, 0) is 42.4 Å². The number of pyridine rings is 1. The molecule has 0 saturated carbocycles. The van der Waals surface area contributed by atoms with E-state index in [1.165, 1.54) is 5.56 Å². The van der Waals surface area contributed by atoms with Gasteiger partial charge in [0, 0.05) is 37.1 Å². The molecule has 6 nitrogen and oxygen atoms in total. The molecule has 1 fully saturated rings. The molecule has 3 rings (SSSR count). The Morgan fingerprint density at radius 1 is 1.10 bits per heavy atom. The molecule has 0 unspecified atom stereocenters. The molecule has 1 saturated heterocycles. The van der Waals surface area contributed by atoms with Crippen LogP contribution in [-0.2, 0) is 10.2 Å². The van der Waals surface area contributed by atoms with Crippen molar-refractivity contribution >= 4 is 12.0 Å². The van der Waals surface area contributed by atoms with Gasteiger partial charge in [0.1, 0.15) is 0 Å². The second kappa shape index (κ2) is 9.28. The van der Waals surface area contributed by atoms with Gasteiger partial charge < -0.3 is 15.0 Å². The van der Waals surface area contributed by atoms with Gasteiger partial charge in [-0.2, -0.15) is 0 Å². The number of carbonyl (C=O) groups excluding carboxylic acids is 2. The van der Waals surface area contributed by atoms with Gasteiger partial charge in [-0.15, -0.1) is 0 Å². The van der Waals surface area contributed by atoms with Gasteiger partial charge in [-0.1, -0.05) is 45.0 Å². The van der Waals surface area contributed by atoms with Crippen molar-refractivity contribution in [1.82, 2.24) is 15.2 Å². The summed E-state index contributed by atoms with van der Waals surface area (Å²) in [5, 5.41) is 3.08. The second-order valence-corrected chi connectivity index (χ2v) is 8.72. The van der Waals surface area contributed by atoms with Crippen LogP contribution < -0.4 is 5.32 Å². The average molecular weight is 410 g/mol. The van der Waals surface area contributed by atoms with Gasteiger partial charge in [0.2, 0.25) is 0 Å². The maximum absolute atomic E-state index is 12.7. The maximum Gasteiger partial charge on any atom is 0.409 e. The summed E-state index contributed by atoms with van der Waals surface area (Å²) in [6, 6.07) is 10.3. The zero-order valence-electron chi connectivity index (χ0n) is 18.3. The Balaban J connectivity index is 1.62. The smallest absolute Gasteiger partial charge is 0.409 e. The van der Waals surface area contributed by atoms with Crippen LogP contribution in [0.25, 0.3) is 11.1 Å². The summed E-state index contributed by atoms with van der Waals surface area (Å²) >= 11 is 0. The zero-order valence-corrected chi connectivity index (χ0v) is 18.3. The molecule has 1 aromatic heterocycles. The number of carbonyl (C=O) groups is 2. The Kier molecular flexibility index (Phi) is 6.75. The monoisotopic (exact) mass is 409 g/mol. The van der Waals surface area contributed by atoms with Crippen molar-refractivity contribution < 1.29 is 14.3 Å². The molecule has 2 aromatic rings. The summed E-state index contributed by atoms with van der Waals surface area (Å²) in [5.74, 6) is -0.134. The van der Waals surface area contributed by atoms with Crippen LogP contribution in [0.2, 0.25) is 0 Å². The van der Waals surface area contributed by atoms with E-state index in [1.807, 2.05) is 6.07 Å². The summed E-state index contributed by atoms with van der Waals surface area (Å²) in [7, 11) is 0. The van der Waals surface area contributed by atoms with Crippen LogP contribution in [0.15, 0.2) is 42.7 Å². The number of rotatable bonds is 4. The predicted octanol–water partition coefficient (Wildman–Crippen LogP) is 4.40. The van der Waals surface area contributed by atoms with Gasteiger partial charge >= 0.3 is 6.09 Å². The molecule has 2 amide bonds. The molecule has 1 aromatic carbocycles. The Morgan fingerprint density at radius 3 is 2.37 bits per heavy atom. The molecule has 2 heterocycles. The van der Waals surface area contributed by atoms with Gasteiger partial charge in [0.05, 0.1) is 12.2 Å². The topological polar surface area (TPSA) is 71.5 Å². The second-order valence-electron chi connectivity index (χ2n) is 8.72. The molecule has 1 aliphatic rings. The van der Waals surface area contributed by atoms with E-state index < -0.39 is 0 Å². The van der Waals surface area contributed by atoms with E-state index in [0.29, 0.717) is 38.1 Å². The predicted molar refractivity (Wildman–Crippen MR) is 117 cm³/mol. The quantitative estimate of drug-likeness (QED) is 0.813. The van der Waals surface area contributed by atoms with Gasteiger partial charge in [0.25, 0.3) is 5.91 Å². The van der Waals surface area contributed by atoms with Crippen LogP contribution in [0.1, 0.15) is 56.5 Å². The highest BCUT2D eigenvalue weighted by molar-refractivity contribution is 5.95. The largest absolute Gasteiger partial charge is 0.450 e. The molecule has 6 heteroatoms. The Morgan fingerprint density at radius 2 is 1.77 bits per heavy atom. The Hall–Kier alpha value is -2.89. The maximum atomic E-state index is 12.7. The van der Waals surface area contributed by atoms with Gasteiger partial charge in [-0.25, -0.2) is 4.79 Å². The van der Waals surface area contributed by atoms with Gasteiger partial charge in [-0.3, -0.25) is 9.78 Å². The summed E-state index contributed by atoms with van der Waals surface area (Å²) in [4.78, 5) is 30.5. The van der Waals surface area contributed by atoms with Crippen LogP contribution >= 0.6 is 0 Å². The van der Waals surface area contributed by atoms with Crippen molar-refractivity contribution in [2.75, 3.05) is 19.7 Å². The summed E-state index contributed by atoms with van der Waals surface area (Å²) in [5.41, 5.74) is 3.86. The minimum absolute atomic E-state index is 0.0397. The highest BCUT2D eigenvalue weighted by Crippen LogP contribution is 2.26. The Bertz CT molecular complexity index is 879. The SMILES string of the molecule is CCOC(=O)N1CCC(NC(=O)c2cncc(-c3ccc(C(C)(C)C)cc3)c2)CC1. The normalized spacial score (nSPS) is 15.0. The molecular weight excluding hydrogens is 378 g/mol. The number of hydrogen-bond acceptors (Lipinski definition) is 4. The fourth-order valence-corrected chi connectivity index (χ4v) is 3.57. The fraction of sp³-hybridized carbons (Fsp3) is 0.458. The molecule has 0 aliphatic carbocycles. The van der Waals surface area contributed by atoms with Crippen molar-refractivity contribution in [3.05, 3.63) is 53.9 Å². The minimum atomic E-state index is -0.281. The van der Waals surface area contributed by atoms with E-state index in [-0.39, 0.29) is 23.5 Å². The van der Waals surface area contributed by atoms with E-state index in [2.05, 4.69) is 55.3 Å². The fourth-order valence-electron chi connectivity index (χ4n) is 3.57. The first-order valence-corrected chi connectivity index (χ1v) is 10.6. The van der Waals surface area contributed by atoms with E-state index in [1.54, 1.807) is 24.2 Å². The molecule has 0 atom stereocenters. The summed E-state index contributed by atoms with van der Waals surface area (Å²) in [6.45, 7) is 9.90. The van der Waals surface area contributed by atoms with Crippen LogP contribution in [-0.4, -0.2) is 47.6 Å². The van der Waals surface area contributed by atoms with Crippen molar-refractivity contribution in [3.8, 4) is 11.1 Å². The van der Waals surface area contributed by atoms with E-state index in [4.69, 9.17) is 4.74 Å². The molecule has 0 bridgehead atoms. The van der Waals surface area contributed by atoms with Gasteiger partial charge in [0.15, 0.2) is 0 Å². The number of hydrogen-bond donors (Lipinski definition) is 1. The Labute approximate surface area is 178 Å². The lowest BCUT2D eigenvalue weighted by molar-refractivity contribution is 0.0860. The number of piperidine rings is 1. The average Bonchev–Trinajstić information content (AvgIpc) is 2.74. The van der Waals surface area contributed by atoms with Crippen molar-refractivity contribution in [2.24, 2.45) is 0 Å².